The zero-order chi connectivity index (χ0) is 17.1. The largest absolute Gasteiger partial charge is 0.490 e. The van der Waals surface area contributed by atoms with Crippen LogP contribution in [0.4, 0.5) is 0 Å². The Morgan fingerprint density at radius 3 is 2.92 bits per heavy atom. The van der Waals surface area contributed by atoms with E-state index in [0.717, 1.165) is 0 Å². The summed E-state index contributed by atoms with van der Waals surface area (Å²) in [7, 11) is 0. The second kappa shape index (κ2) is 7.05. The molecule has 24 heavy (non-hydrogen) atoms. The number of amides is 1. The van der Waals surface area contributed by atoms with Crippen molar-refractivity contribution in [2.75, 3.05) is 13.2 Å². The number of carbonyl (C=O) groups is 1. The van der Waals surface area contributed by atoms with Crippen LogP contribution in [-0.2, 0) is 24.3 Å². The summed E-state index contributed by atoms with van der Waals surface area (Å²) in [5, 5.41) is 0.540. The van der Waals surface area contributed by atoms with Gasteiger partial charge in [0.2, 0.25) is 5.91 Å². The van der Waals surface area contributed by atoms with Gasteiger partial charge in [-0.05, 0) is 18.6 Å². The highest BCUT2D eigenvalue weighted by molar-refractivity contribution is 6.32. The van der Waals surface area contributed by atoms with Crippen molar-refractivity contribution < 1.29 is 9.53 Å². The molecule has 2 heterocycles. The van der Waals surface area contributed by atoms with E-state index in [0.29, 0.717) is 54.7 Å². The van der Waals surface area contributed by atoms with Crippen LogP contribution in [0, 0.1) is 0 Å². The monoisotopic (exact) mass is 347 g/mol. The van der Waals surface area contributed by atoms with Crippen LogP contribution in [0.25, 0.3) is 0 Å². The van der Waals surface area contributed by atoms with Crippen LogP contribution in [0.3, 0.4) is 0 Å². The highest BCUT2D eigenvalue weighted by Gasteiger charge is 2.22. The Morgan fingerprint density at radius 2 is 2.17 bits per heavy atom. The van der Waals surface area contributed by atoms with Gasteiger partial charge < -0.3 is 9.64 Å². The van der Waals surface area contributed by atoms with E-state index >= 15 is 0 Å². The van der Waals surface area contributed by atoms with Crippen molar-refractivity contribution in [3.8, 4) is 5.75 Å². The Morgan fingerprint density at radius 1 is 1.38 bits per heavy atom. The number of hydrogen-bond acceptors (Lipinski definition) is 4. The Hall–Kier alpha value is -2.34. The quantitative estimate of drug-likeness (QED) is 0.847. The molecular weight excluding hydrogens is 330 g/mol. The second-order valence-corrected chi connectivity index (χ2v) is 6.05. The van der Waals surface area contributed by atoms with Gasteiger partial charge in [-0.15, -0.1) is 0 Å². The van der Waals surface area contributed by atoms with Crippen LogP contribution in [0.2, 0.25) is 5.02 Å². The van der Waals surface area contributed by atoms with E-state index < -0.39 is 0 Å². The molecule has 7 heteroatoms. The summed E-state index contributed by atoms with van der Waals surface area (Å²) < 4.78 is 7.16. The van der Waals surface area contributed by atoms with Crippen molar-refractivity contribution in [3.63, 3.8) is 0 Å². The number of hydrogen-bond donors (Lipinski definition) is 0. The number of halogens is 1. The third kappa shape index (κ3) is 3.43. The van der Waals surface area contributed by atoms with Crippen molar-refractivity contribution in [1.82, 2.24) is 14.5 Å². The van der Waals surface area contributed by atoms with Gasteiger partial charge in [-0.2, -0.15) is 0 Å². The molecule has 6 nitrogen and oxygen atoms in total. The van der Waals surface area contributed by atoms with E-state index in [2.05, 4.69) is 4.98 Å². The van der Waals surface area contributed by atoms with E-state index in [1.165, 1.54) is 13.3 Å². The third-order valence-electron chi connectivity index (χ3n) is 4.06. The lowest BCUT2D eigenvalue weighted by Crippen LogP contribution is -2.39. The highest BCUT2D eigenvalue weighted by atomic mass is 35.5. The van der Waals surface area contributed by atoms with Crippen LogP contribution in [0.1, 0.15) is 18.2 Å². The summed E-state index contributed by atoms with van der Waals surface area (Å²) >= 11 is 6.03. The summed E-state index contributed by atoms with van der Waals surface area (Å²) in [6.45, 7) is 3.19. The standard InChI is InChI=1S/C17H18ClN3O3/c1-12(22)20-7-6-13-15(10-20)19-11-21(17(13)23)8-9-24-16-5-3-2-4-14(16)18/h2-5,11H,6-10H2,1H3. The molecule has 3 rings (SSSR count). The SMILES string of the molecule is CC(=O)N1CCc2c(ncn(CCOc3ccccc3Cl)c2=O)C1. The average Bonchev–Trinajstić information content (AvgIpc) is 2.58. The van der Waals surface area contributed by atoms with Gasteiger partial charge in [-0.3, -0.25) is 14.2 Å². The summed E-state index contributed by atoms with van der Waals surface area (Å²) in [6.07, 6.45) is 2.05. The Kier molecular flexibility index (Phi) is 4.85. The summed E-state index contributed by atoms with van der Waals surface area (Å²) in [5.41, 5.74) is 1.31. The second-order valence-electron chi connectivity index (χ2n) is 5.64. The first kappa shape index (κ1) is 16.5. The smallest absolute Gasteiger partial charge is 0.256 e. The zero-order valence-electron chi connectivity index (χ0n) is 13.4. The minimum absolute atomic E-state index is 0.000214. The minimum atomic E-state index is -0.0639. The number of fused-ring (bicyclic) bond motifs is 1. The highest BCUT2D eigenvalue weighted by Crippen LogP contribution is 2.22. The molecule has 0 radical (unpaired) electrons. The normalized spacial score (nSPS) is 13.5. The van der Waals surface area contributed by atoms with Gasteiger partial charge in [0.25, 0.3) is 5.56 Å². The number of carbonyl (C=O) groups excluding carboxylic acids is 1. The predicted molar refractivity (Wildman–Crippen MR) is 90.2 cm³/mol. The van der Waals surface area contributed by atoms with Crippen LogP contribution < -0.4 is 10.3 Å². The summed E-state index contributed by atoms with van der Waals surface area (Å²) in [4.78, 5) is 30.0. The van der Waals surface area contributed by atoms with Crippen molar-refractivity contribution in [2.24, 2.45) is 0 Å². The number of aromatic nitrogens is 2. The fraction of sp³-hybridized carbons (Fsp3) is 0.353. The molecule has 0 spiro atoms. The molecule has 0 aliphatic carbocycles. The lowest BCUT2D eigenvalue weighted by Gasteiger charge is -2.26. The fourth-order valence-corrected chi connectivity index (χ4v) is 2.89. The molecule has 0 N–H and O–H groups in total. The fourth-order valence-electron chi connectivity index (χ4n) is 2.70. The van der Waals surface area contributed by atoms with Crippen LogP contribution >= 0.6 is 11.6 Å². The lowest BCUT2D eigenvalue weighted by atomic mass is 10.1. The molecule has 1 aromatic carbocycles. The van der Waals surface area contributed by atoms with E-state index in [1.807, 2.05) is 12.1 Å². The number of rotatable bonds is 4. The Labute approximate surface area is 144 Å². The first-order valence-electron chi connectivity index (χ1n) is 7.76. The molecule has 1 amide bonds. The molecule has 1 aliphatic heterocycles. The molecule has 126 valence electrons. The molecule has 0 saturated carbocycles. The van der Waals surface area contributed by atoms with Crippen molar-refractivity contribution in [3.05, 3.63) is 57.2 Å². The first-order chi connectivity index (χ1) is 11.6. The van der Waals surface area contributed by atoms with Crippen molar-refractivity contribution in [2.45, 2.75) is 26.4 Å². The molecule has 0 saturated heterocycles. The summed E-state index contributed by atoms with van der Waals surface area (Å²) in [6, 6.07) is 7.21. The van der Waals surface area contributed by atoms with Crippen LogP contribution in [-0.4, -0.2) is 33.5 Å². The first-order valence-corrected chi connectivity index (χ1v) is 8.14. The van der Waals surface area contributed by atoms with Gasteiger partial charge in [0.15, 0.2) is 0 Å². The lowest BCUT2D eigenvalue weighted by molar-refractivity contribution is -0.129. The van der Waals surface area contributed by atoms with Crippen LogP contribution in [0.15, 0.2) is 35.4 Å². The summed E-state index contributed by atoms with van der Waals surface area (Å²) in [5.74, 6) is 0.593. The van der Waals surface area contributed by atoms with E-state index in [9.17, 15) is 9.59 Å². The number of benzene rings is 1. The Bertz CT molecular complexity index is 819. The topological polar surface area (TPSA) is 64.4 Å². The maximum absolute atomic E-state index is 12.5. The third-order valence-corrected chi connectivity index (χ3v) is 4.38. The molecule has 2 aromatic rings. The molecular formula is C17H18ClN3O3. The van der Waals surface area contributed by atoms with Gasteiger partial charge in [-0.1, -0.05) is 23.7 Å². The van der Waals surface area contributed by atoms with Gasteiger partial charge >= 0.3 is 0 Å². The maximum Gasteiger partial charge on any atom is 0.256 e. The molecule has 0 atom stereocenters. The number of nitrogens with zero attached hydrogens (tertiary/aromatic N) is 3. The number of ether oxygens (including phenoxy) is 1. The van der Waals surface area contributed by atoms with Gasteiger partial charge in [0.1, 0.15) is 12.4 Å². The predicted octanol–water partition coefficient (Wildman–Crippen LogP) is 1.88. The zero-order valence-corrected chi connectivity index (χ0v) is 14.1. The van der Waals surface area contributed by atoms with Gasteiger partial charge in [-0.25, -0.2) is 4.98 Å². The van der Waals surface area contributed by atoms with Crippen LogP contribution in [0.5, 0.6) is 5.75 Å². The van der Waals surface area contributed by atoms with Crippen molar-refractivity contribution in [1.29, 1.82) is 0 Å². The minimum Gasteiger partial charge on any atom is -0.490 e. The molecule has 1 aromatic heterocycles. The molecule has 0 unspecified atom stereocenters. The van der Waals surface area contributed by atoms with Crippen molar-refractivity contribution >= 4 is 17.5 Å². The Balaban J connectivity index is 1.69. The number of para-hydroxylation sites is 1. The van der Waals surface area contributed by atoms with Gasteiger partial charge in [0.05, 0.1) is 30.1 Å². The van der Waals surface area contributed by atoms with E-state index in [4.69, 9.17) is 16.3 Å². The molecule has 0 bridgehead atoms. The van der Waals surface area contributed by atoms with Gasteiger partial charge in [0, 0.05) is 19.0 Å². The average molecular weight is 348 g/mol. The molecule has 1 aliphatic rings. The van der Waals surface area contributed by atoms with E-state index in [1.54, 1.807) is 21.6 Å². The van der Waals surface area contributed by atoms with E-state index in [-0.39, 0.29) is 11.5 Å². The maximum atomic E-state index is 12.5. The molecule has 0 fully saturated rings.